The zero-order chi connectivity index (χ0) is 45.8. The van der Waals surface area contributed by atoms with Gasteiger partial charge in [0.15, 0.2) is 6.10 Å². The highest BCUT2D eigenvalue weighted by atomic mass is 16.6. The van der Waals surface area contributed by atoms with Gasteiger partial charge in [-0.3, -0.25) is 14.4 Å². The molecule has 0 radical (unpaired) electrons. The van der Waals surface area contributed by atoms with E-state index in [1.165, 1.54) is 186 Å². The number of hydrogen-bond acceptors (Lipinski definition) is 6. The molecule has 0 spiro atoms. The lowest BCUT2D eigenvalue weighted by Gasteiger charge is -2.18. The fraction of sp³-hybridized carbons (Fsp3) is 0.877. The molecule has 0 rings (SSSR count). The smallest absolute Gasteiger partial charge is 0.306 e. The van der Waals surface area contributed by atoms with Crippen LogP contribution >= 0.6 is 0 Å². The molecule has 1 atom stereocenters. The van der Waals surface area contributed by atoms with Gasteiger partial charge in [0, 0.05) is 19.3 Å². The van der Waals surface area contributed by atoms with Gasteiger partial charge in [-0.2, -0.15) is 0 Å². The van der Waals surface area contributed by atoms with Gasteiger partial charge >= 0.3 is 17.9 Å². The zero-order valence-corrected chi connectivity index (χ0v) is 42.4. The highest BCUT2D eigenvalue weighted by Gasteiger charge is 2.19. The molecule has 0 aromatic heterocycles. The Morgan fingerprint density at radius 1 is 0.317 bits per heavy atom. The largest absolute Gasteiger partial charge is 0.462 e. The van der Waals surface area contributed by atoms with Crippen LogP contribution in [0.15, 0.2) is 24.3 Å². The molecule has 0 saturated heterocycles. The minimum atomic E-state index is -0.772. The van der Waals surface area contributed by atoms with E-state index in [4.69, 9.17) is 14.2 Å². The van der Waals surface area contributed by atoms with Crippen LogP contribution in [0.2, 0.25) is 0 Å². The molecule has 6 heteroatoms. The Balaban J connectivity index is 4.26. The summed E-state index contributed by atoms with van der Waals surface area (Å²) in [6.07, 6.45) is 60.3. The number of ether oxygens (including phenoxy) is 3. The maximum Gasteiger partial charge on any atom is 0.306 e. The summed E-state index contributed by atoms with van der Waals surface area (Å²) < 4.78 is 16.8. The lowest BCUT2D eigenvalue weighted by molar-refractivity contribution is -0.167. The van der Waals surface area contributed by atoms with Crippen LogP contribution in [0.4, 0.5) is 0 Å². The van der Waals surface area contributed by atoms with E-state index < -0.39 is 6.10 Å². The molecule has 63 heavy (non-hydrogen) atoms. The quantitative estimate of drug-likeness (QED) is 0.0262. The van der Waals surface area contributed by atoms with Crippen LogP contribution in [0.1, 0.15) is 303 Å². The number of allylic oxidation sites excluding steroid dienone is 4. The third-order valence-electron chi connectivity index (χ3n) is 12.5. The summed E-state index contributed by atoms with van der Waals surface area (Å²) in [5.74, 6) is -0.870. The number of carbonyl (C=O) groups is 3. The van der Waals surface area contributed by atoms with Crippen molar-refractivity contribution in [1.82, 2.24) is 0 Å². The second-order valence-electron chi connectivity index (χ2n) is 18.9. The summed E-state index contributed by atoms with van der Waals surface area (Å²) in [5.41, 5.74) is 0. The van der Waals surface area contributed by atoms with E-state index in [0.717, 1.165) is 77.0 Å². The fourth-order valence-electron chi connectivity index (χ4n) is 8.24. The van der Waals surface area contributed by atoms with Crippen molar-refractivity contribution in [2.24, 2.45) is 0 Å². The summed E-state index contributed by atoms with van der Waals surface area (Å²) in [4.78, 5) is 38.0. The van der Waals surface area contributed by atoms with E-state index >= 15 is 0 Å². The Kier molecular flexibility index (Phi) is 50.8. The van der Waals surface area contributed by atoms with Crippen molar-refractivity contribution in [2.45, 2.75) is 309 Å². The van der Waals surface area contributed by atoms with Gasteiger partial charge in [0.25, 0.3) is 0 Å². The molecule has 0 amide bonds. The van der Waals surface area contributed by atoms with Crippen molar-refractivity contribution in [3.05, 3.63) is 24.3 Å². The van der Waals surface area contributed by atoms with Gasteiger partial charge in [-0.05, 0) is 51.4 Å². The summed E-state index contributed by atoms with van der Waals surface area (Å²) in [6, 6.07) is 0. The SMILES string of the molecule is CCCCC/C=C\C/C=C\CCCCCCCC(=O)OC(COC(=O)CCCCCCCCCCCC)COC(=O)CCCCCCCCCCCCCCCCCCCCCC. The average Bonchev–Trinajstić information content (AvgIpc) is 3.28. The molecule has 0 fully saturated rings. The monoisotopic (exact) mass is 887 g/mol. The van der Waals surface area contributed by atoms with Crippen molar-refractivity contribution >= 4 is 17.9 Å². The maximum atomic E-state index is 12.8. The van der Waals surface area contributed by atoms with Gasteiger partial charge < -0.3 is 14.2 Å². The Labute approximate surface area is 392 Å². The molecule has 0 aromatic rings. The van der Waals surface area contributed by atoms with E-state index in [-0.39, 0.29) is 31.1 Å². The standard InChI is InChI=1S/C57H106O6/c1-4-7-10-13-16-19-22-24-26-27-28-29-30-32-33-35-38-41-44-47-50-56(59)62-53-54(52-61-55(58)49-46-43-40-37-21-18-15-12-9-6-3)63-57(60)51-48-45-42-39-36-34-31-25-23-20-17-14-11-8-5-2/h17,20,25,31,54H,4-16,18-19,21-24,26-30,32-53H2,1-3H3/b20-17-,31-25-. The molecule has 0 heterocycles. The van der Waals surface area contributed by atoms with Crippen molar-refractivity contribution in [3.8, 4) is 0 Å². The van der Waals surface area contributed by atoms with Crippen LogP contribution in [0.3, 0.4) is 0 Å². The molecular weight excluding hydrogens is 781 g/mol. The highest BCUT2D eigenvalue weighted by Crippen LogP contribution is 2.17. The van der Waals surface area contributed by atoms with Crippen LogP contribution < -0.4 is 0 Å². The van der Waals surface area contributed by atoms with E-state index in [2.05, 4.69) is 45.1 Å². The number of carbonyl (C=O) groups excluding carboxylic acids is 3. The summed E-state index contributed by atoms with van der Waals surface area (Å²) in [5, 5.41) is 0. The van der Waals surface area contributed by atoms with Crippen molar-refractivity contribution in [3.63, 3.8) is 0 Å². The van der Waals surface area contributed by atoms with E-state index in [9.17, 15) is 14.4 Å². The minimum Gasteiger partial charge on any atom is -0.462 e. The summed E-state index contributed by atoms with van der Waals surface area (Å²) >= 11 is 0. The first-order valence-electron chi connectivity index (χ1n) is 27.8. The number of rotatable bonds is 51. The van der Waals surface area contributed by atoms with Crippen molar-refractivity contribution in [2.75, 3.05) is 13.2 Å². The van der Waals surface area contributed by atoms with Crippen LogP contribution in [-0.4, -0.2) is 37.2 Å². The van der Waals surface area contributed by atoms with E-state index in [0.29, 0.717) is 19.3 Å². The molecule has 0 aliphatic rings. The normalized spacial score (nSPS) is 12.1. The molecule has 6 nitrogen and oxygen atoms in total. The third kappa shape index (κ3) is 50.7. The zero-order valence-electron chi connectivity index (χ0n) is 42.4. The first kappa shape index (κ1) is 60.9. The maximum absolute atomic E-state index is 12.8. The van der Waals surface area contributed by atoms with Gasteiger partial charge in [0.1, 0.15) is 13.2 Å². The molecule has 1 unspecified atom stereocenters. The molecule has 0 bridgehead atoms. The van der Waals surface area contributed by atoms with Crippen molar-refractivity contribution in [1.29, 1.82) is 0 Å². The molecule has 0 aromatic carbocycles. The Morgan fingerprint density at radius 3 is 0.905 bits per heavy atom. The van der Waals surface area contributed by atoms with Crippen LogP contribution in [0.5, 0.6) is 0 Å². The third-order valence-corrected chi connectivity index (χ3v) is 12.5. The van der Waals surface area contributed by atoms with Crippen LogP contribution in [-0.2, 0) is 28.6 Å². The first-order valence-corrected chi connectivity index (χ1v) is 27.8. The minimum absolute atomic E-state index is 0.0720. The Bertz CT molecular complexity index is 1020. The van der Waals surface area contributed by atoms with Crippen LogP contribution in [0.25, 0.3) is 0 Å². The molecule has 0 saturated carbocycles. The molecular formula is C57H106O6. The Morgan fingerprint density at radius 2 is 0.571 bits per heavy atom. The number of unbranched alkanes of at least 4 members (excludes halogenated alkanes) is 36. The van der Waals surface area contributed by atoms with E-state index in [1.54, 1.807) is 0 Å². The fourth-order valence-corrected chi connectivity index (χ4v) is 8.24. The summed E-state index contributed by atoms with van der Waals surface area (Å²) in [6.45, 7) is 6.63. The molecule has 0 N–H and O–H groups in total. The highest BCUT2D eigenvalue weighted by molar-refractivity contribution is 5.71. The molecule has 0 aliphatic carbocycles. The summed E-state index contributed by atoms with van der Waals surface area (Å²) in [7, 11) is 0. The molecule has 370 valence electrons. The second kappa shape index (κ2) is 52.5. The molecule has 0 aliphatic heterocycles. The lowest BCUT2D eigenvalue weighted by Crippen LogP contribution is -2.30. The average molecular weight is 887 g/mol. The number of esters is 3. The topological polar surface area (TPSA) is 78.9 Å². The lowest BCUT2D eigenvalue weighted by atomic mass is 10.0. The Hall–Kier alpha value is -2.11. The predicted octanol–water partition coefficient (Wildman–Crippen LogP) is 18.3. The predicted molar refractivity (Wildman–Crippen MR) is 270 cm³/mol. The van der Waals surface area contributed by atoms with Gasteiger partial charge in [0.2, 0.25) is 0 Å². The van der Waals surface area contributed by atoms with Gasteiger partial charge in [-0.15, -0.1) is 0 Å². The second-order valence-corrected chi connectivity index (χ2v) is 18.9. The van der Waals surface area contributed by atoms with Gasteiger partial charge in [-0.1, -0.05) is 257 Å². The van der Waals surface area contributed by atoms with E-state index in [1.807, 2.05) is 0 Å². The first-order chi connectivity index (χ1) is 31.0. The van der Waals surface area contributed by atoms with Crippen molar-refractivity contribution < 1.29 is 28.6 Å². The van der Waals surface area contributed by atoms with Gasteiger partial charge in [-0.25, -0.2) is 0 Å². The van der Waals surface area contributed by atoms with Gasteiger partial charge in [0.05, 0.1) is 0 Å². The van der Waals surface area contributed by atoms with Crippen LogP contribution in [0, 0.1) is 0 Å². The number of hydrogen-bond donors (Lipinski definition) is 0.